The van der Waals surface area contributed by atoms with Crippen molar-refractivity contribution in [2.24, 2.45) is 16.5 Å². The Morgan fingerprint density at radius 3 is 2.27 bits per heavy atom. The highest BCUT2D eigenvalue weighted by Crippen LogP contribution is 2.07. The Balaban J connectivity index is 2.01. The minimum Gasteiger partial charge on any atom is -0.480 e. The Kier molecular flexibility index (Phi) is 13.8. The summed E-state index contributed by atoms with van der Waals surface area (Å²) < 4.78 is 0. The molecule has 0 spiro atoms. The normalized spacial score (nSPS) is 17.4. The molecule has 0 unspecified atom stereocenters. The molecule has 0 aliphatic carbocycles. The van der Waals surface area contributed by atoms with Crippen LogP contribution < -0.4 is 38.1 Å². The summed E-state index contributed by atoms with van der Waals surface area (Å²) >= 11 is 4.06. The highest BCUT2D eigenvalue weighted by Gasteiger charge is 2.32. The number of amides is 4. The van der Waals surface area contributed by atoms with E-state index in [1.54, 1.807) is 0 Å². The number of H-pyrrole nitrogens is 1. The number of carbonyl (C=O) groups excluding carboxylic acids is 4. The molecule has 41 heavy (non-hydrogen) atoms. The molecule has 0 bridgehead atoms. The third kappa shape index (κ3) is 11.2. The second-order valence-electron chi connectivity index (χ2n) is 9.33. The number of aliphatic hydroxyl groups is 1. The third-order valence-electron chi connectivity index (χ3n) is 6.18. The van der Waals surface area contributed by atoms with E-state index in [9.17, 15) is 34.2 Å². The van der Waals surface area contributed by atoms with Gasteiger partial charge in [0.1, 0.15) is 24.2 Å². The van der Waals surface area contributed by atoms with Gasteiger partial charge < -0.3 is 53.2 Å². The number of carbonyl (C=O) groups is 5. The Hall–Kier alpha value is -3.90. The first-order valence-electron chi connectivity index (χ1n) is 13.0. The average molecular weight is 599 g/mol. The average Bonchev–Trinajstić information content (AvgIpc) is 3.65. The van der Waals surface area contributed by atoms with Crippen molar-refractivity contribution in [1.82, 2.24) is 36.6 Å². The van der Waals surface area contributed by atoms with Crippen LogP contribution in [0.2, 0.25) is 0 Å². The fourth-order valence-corrected chi connectivity index (χ4v) is 4.23. The van der Waals surface area contributed by atoms with E-state index in [1.165, 1.54) is 12.5 Å². The van der Waals surface area contributed by atoms with E-state index in [1.807, 2.05) is 0 Å². The van der Waals surface area contributed by atoms with E-state index in [-0.39, 0.29) is 43.4 Å². The van der Waals surface area contributed by atoms with Crippen LogP contribution in [-0.2, 0) is 30.4 Å². The van der Waals surface area contributed by atoms with Gasteiger partial charge in [-0.1, -0.05) is 0 Å². The van der Waals surface area contributed by atoms with Crippen molar-refractivity contribution < 1.29 is 34.2 Å². The number of carboxylic acids is 1. The summed E-state index contributed by atoms with van der Waals surface area (Å²) in [5.74, 6) is -4.55. The third-order valence-corrected chi connectivity index (χ3v) is 6.54. The number of aromatic nitrogens is 2. The summed E-state index contributed by atoms with van der Waals surface area (Å²) in [4.78, 5) is 73.5. The first-order chi connectivity index (χ1) is 19.5. The van der Waals surface area contributed by atoms with Crippen LogP contribution in [-0.4, -0.2) is 111 Å². The molecule has 12 N–H and O–H groups in total. The molecule has 228 valence electrons. The van der Waals surface area contributed by atoms with Gasteiger partial charge in [-0.2, -0.15) is 12.6 Å². The molecular weight excluding hydrogens is 560 g/mol. The molecule has 0 saturated carbocycles. The summed E-state index contributed by atoms with van der Waals surface area (Å²) in [5.41, 5.74) is 11.0. The molecule has 1 saturated heterocycles. The summed E-state index contributed by atoms with van der Waals surface area (Å²) in [7, 11) is 0. The Morgan fingerprint density at radius 2 is 1.71 bits per heavy atom. The number of rotatable bonds is 17. The highest BCUT2D eigenvalue weighted by atomic mass is 32.1. The smallest absolute Gasteiger partial charge is 0.326 e. The van der Waals surface area contributed by atoms with Crippen LogP contribution >= 0.6 is 12.6 Å². The standard InChI is InChI=1S/C23H38N10O7S/c24-23(25)28-6-2-4-14(22(39)40)30-21(38)17(10-41)33-20(37)16(9-34)32-19(36)15(7-12-8-26-11-29-12)31-18(35)13-3-1-5-27-13/h8,11,13-17,27,34,41H,1-7,9-10H2,(H,26,29)(H,30,38)(H,31,35)(H,32,36)(H,33,37)(H,39,40)(H4,24,25,28)/t13-,14-,15-,16-,17-/m0/s1. The molecule has 1 aliphatic heterocycles. The zero-order valence-corrected chi connectivity index (χ0v) is 23.2. The molecule has 2 heterocycles. The largest absolute Gasteiger partial charge is 0.480 e. The van der Waals surface area contributed by atoms with E-state index in [4.69, 9.17) is 11.5 Å². The van der Waals surface area contributed by atoms with Crippen molar-refractivity contribution in [3.8, 4) is 0 Å². The van der Waals surface area contributed by atoms with Crippen molar-refractivity contribution in [1.29, 1.82) is 0 Å². The van der Waals surface area contributed by atoms with Crippen LogP contribution in [0.15, 0.2) is 17.5 Å². The Morgan fingerprint density at radius 1 is 1.05 bits per heavy atom. The number of aromatic amines is 1. The number of nitrogens with zero attached hydrogens (tertiary/aromatic N) is 2. The predicted molar refractivity (Wildman–Crippen MR) is 150 cm³/mol. The van der Waals surface area contributed by atoms with Gasteiger partial charge in [0.25, 0.3) is 0 Å². The summed E-state index contributed by atoms with van der Waals surface area (Å²) in [6.07, 6.45) is 4.63. The van der Waals surface area contributed by atoms with Crippen molar-refractivity contribution in [3.63, 3.8) is 0 Å². The van der Waals surface area contributed by atoms with Gasteiger partial charge in [-0.25, -0.2) is 9.78 Å². The lowest BCUT2D eigenvalue weighted by molar-refractivity contribution is -0.142. The van der Waals surface area contributed by atoms with E-state index in [0.29, 0.717) is 18.7 Å². The molecule has 1 aromatic heterocycles. The maximum Gasteiger partial charge on any atom is 0.326 e. The molecule has 0 aromatic carbocycles. The first kappa shape index (κ1) is 33.3. The van der Waals surface area contributed by atoms with Crippen molar-refractivity contribution >= 4 is 48.2 Å². The number of aliphatic carboxylic acids is 1. The number of hydrogen-bond acceptors (Lipinski definition) is 10. The zero-order valence-electron chi connectivity index (χ0n) is 22.3. The lowest BCUT2D eigenvalue weighted by Gasteiger charge is -2.25. The van der Waals surface area contributed by atoms with Crippen molar-refractivity contribution in [3.05, 3.63) is 18.2 Å². The number of thiol groups is 1. The Bertz CT molecular complexity index is 1060. The van der Waals surface area contributed by atoms with Gasteiger partial charge in [-0.15, -0.1) is 0 Å². The number of guanidine groups is 1. The van der Waals surface area contributed by atoms with Gasteiger partial charge in [-0.3, -0.25) is 24.2 Å². The highest BCUT2D eigenvalue weighted by molar-refractivity contribution is 7.80. The second-order valence-corrected chi connectivity index (χ2v) is 9.69. The molecule has 5 atom stereocenters. The predicted octanol–water partition coefficient (Wildman–Crippen LogP) is -4.30. The summed E-state index contributed by atoms with van der Waals surface area (Å²) in [6.45, 7) is 0.00876. The quantitative estimate of drug-likeness (QED) is 0.0353. The molecular formula is C23H38N10O7S. The van der Waals surface area contributed by atoms with E-state index < -0.39 is 60.5 Å². The molecule has 4 amide bonds. The summed E-state index contributed by atoms with van der Waals surface area (Å²) in [5, 5.41) is 32.0. The minimum absolute atomic E-state index is 0.0141. The Labute approximate surface area is 241 Å². The minimum atomic E-state index is -1.49. The number of imidazole rings is 1. The van der Waals surface area contributed by atoms with Crippen molar-refractivity contribution in [2.45, 2.75) is 62.3 Å². The number of carboxylic acid groups (broad SMARTS) is 1. The number of aliphatic imine (C=N–C) groups is 1. The van der Waals surface area contributed by atoms with Crippen LogP contribution in [0.25, 0.3) is 0 Å². The van der Waals surface area contributed by atoms with Crippen LogP contribution in [0.4, 0.5) is 0 Å². The maximum atomic E-state index is 13.1. The first-order valence-corrected chi connectivity index (χ1v) is 13.6. The lowest BCUT2D eigenvalue weighted by Crippen LogP contribution is -2.60. The number of nitrogens with two attached hydrogens (primary N) is 2. The molecule has 1 fully saturated rings. The molecule has 1 aromatic rings. The number of hydrogen-bond donors (Lipinski definition) is 11. The molecule has 18 heteroatoms. The van der Waals surface area contributed by atoms with Crippen LogP contribution in [0.3, 0.4) is 0 Å². The van der Waals surface area contributed by atoms with Gasteiger partial charge in [0.15, 0.2) is 5.96 Å². The number of nitrogens with one attached hydrogen (secondary N) is 6. The second kappa shape index (κ2) is 17.0. The van der Waals surface area contributed by atoms with E-state index in [2.05, 4.69) is 54.2 Å². The van der Waals surface area contributed by atoms with Gasteiger partial charge >= 0.3 is 5.97 Å². The molecule has 1 aliphatic rings. The van der Waals surface area contributed by atoms with E-state index >= 15 is 0 Å². The fourth-order valence-electron chi connectivity index (χ4n) is 3.97. The molecule has 2 rings (SSSR count). The van der Waals surface area contributed by atoms with E-state index in [0.717, 1.165) is 6.42 Å². The topological polar surface area (TPSA) is 279 Å². The SMILES string of the molecule is NC(N)=NCCC[C@H](NC(=O)[C@H](CS)NC(=O)[C@H](CO)NC(=O)[C@H](Cc1cnc[nH]1)NC(=O)[C@@H]1CCCN1)C(=O)O. The maximum absolute atomic E-state index is 13.1. The monoisotopic (exact) mass is 598 g/mol. The van der Waals surface area contributed by atoms with Crippen LogP contribution in [0.1, 0.15) is 31.4 Å². The van der Waals surface area contributed by atoms with Gasteiger partial charge in [0.05, 0.1) is 19.0 Å². The van der Waals surface area contributed by atoms with Crippen LogP contribution in [0, 0.1) is 0 Å². The zero-order chi connectivity index (χ0) is 30.4. The van der Waals surface area contributed by atoms with Gasteiger partial charge in [-0.05, 0) is 32.2 Å². The lowest BCUT2D eigenvalue weighted by atomic mass is 10.1. The molecule has 0 radical (unpaired) electrons. The number of aliphatic hydroxyl groups excluding tert-OH is 1. The fraction of sp³-hybridized carbons (Fsp3) is 0.609. The van der Waals surface area contributed by atoms with Gasteiger partial charge in [0.2, 0.25) is 23.6 Å². The van der Waals surface area contributed by atoms with Crippen molar-refractivity contribution in [2.75, 3.05) is 25.4 Å². The molecule has 17 nitrogen and oxygen atoms in total. The van der Waals surface area contributed by atoms with Gasteiger partial charge in [0, 0.05) is 30.6 Å². The van der Waals surface area contributed by atoms with Crippen LogP contribution in [0.5, 0.6) is 0 Å². The summed E-state index contributed by atoms with van der Waals surface area (Å²) in [6, 6.07) is -5.62.